The summed E-state index contributed by atoms with van der Waals surface area (Å²) in [5, 5.41) is 9.05. The number of carbonyl (C=O) groups excluding carboxylic acids is 1. The number of pyridine rings is 2. The molecule has 9 heteroatoms. The van der Waals surface area contributed by atoms with Gasteiger partial charge < -0.3 is 16.0 Å². The van der Waals surface area contributed by atoms with E-state index < -0.39 is 0 Å². The van der Waals surface area contributed by atoms with Gasteiger partial charge in [-0.25, -0.2) is 9.97 Å². The number of aromatic nitrogens is 5. The average molecular weight is 537 g/mol. The van der Waals surface area contributed by atoms with Gasteiger partial charge in [0.25, 0.3) is 5.91 Å². The highest BCUT2D eigenvalue weighted by atomic mass is 16.2. The number of hydrogen-bond acceptors (Lipinski definition) is 6. The number of hydrogen-bond donors (Lipinski definition) is 2. The average Bonchev–Trinajstić information content (AvgIpc) is 3.55. The predicted octanol–water partition coefficient (Wildman–Crippen LogP) is 4.99. The summed E-state index contributed by atoms with van der Waals surface area (Å²) in [6.45, 7) is 8.92. The summed E-state index contributed by atoms with van der Waals surface area (Å²) < 4.78 is 3.80. The topological polar surface area (TPSA) is 106 Å². The van der Waals surface area contributed by atoms with Crippen molar-refractivity contribution in [2.24, 2.45) is 5.73 Å². The summed E-state index contributed by atoms with van der Waals surface area (Å²) >= 11 is 0. The lowest BCUT2D eigenvalue weighted by Crippen LogP contribution is -2.40. The lowest BCUT2D eigenvalue weighted by molar-refractivity contribution is 0.102. The monoisotopic (exact) mass is 536 g/mol. The third kappa shape index (κ3) is 4.81. The van der Waals surface area contributed by atoms with Gasteiger partial charge in [-0.2, -0.15) is 5.10 Å². The van der Waals surface area contributed by atoms with E-state index in [1.807, 2.05) is 41.2 Å². The first-order chi connectivity index (χ1) is 19.4. The third-order valence-electron chi connectivity index (χ3n) is 7.82. The number of imidazole rings is 1. The number of aryl methyl sites for hydroxylation is 1. The molecule has 0 bridgehead atoms. The molecule has 1 saturated heterocycles. The van der Waals surface area contributed by atoms with Gasteiger partial charge >= 0.3 is 0 Å². The Kier molecular flexibility index (Phi) is 6.98. The van der Waals surface area contributed by atoms with E-state index in [1.165, 1.54) is 5.56 Å². The fourth-order valence-electron chi connectivity index (χ4n) is 5.62. The van der Waals surface area contributed by atoms with Gasteiger partial charge in [0.2, 0.25) is 0 Å². The molecule has 0 unspecified atom stereocenters. The SMILES string of the molecule is CCc1nn(Cc2ccc(C(C)C)c(N3CCC(N)CC3)n2)c2cccc(NC(=O)c3cnc4ccccn34)c12. The van der Waals surface area contributed by atoms with Crippen LogP contribution in [0.1, 0.15) is 67.0 Å². The molecule has 5 aromatic rings. The van der Waals surface area contributed by atoms with E-state index in [-0.39, 0.29) is 11.9 Å². The Bertz CT molecular complexity index is 1680. The van der Waals surface area contributed by atoms with Crippen LogP contribution >= 0.6 is 0 Å². The van der Waals surface area contributed by atoms with E-state index in [0.717, 1.165) is 71.8 Å². The summed E-state index contributed by atoms with van der Waals surface area (Å²) in [7, 11) is 0. The van der Waals surface area contributed by atoms with Crippen molar-refractivity contribution in [1.82, 2.24) is 24.1 Å². The zero-order valence-corrected chi connectivity index (χ0v) is 23.3. The molecule has 1 aliphatic heterocycles. The molecule has 0 atom stereocenters. The summed E-state index contributed by atoms with van der Waals surface area (Å²) in [6, 6.07) is 16.2. The Morgan fingerprint density at radius 3 is 2.70 bits per heavy atom. The molecule has 6 rings (SSSR count). The van der Waals surface area contributed by atoms with Gasteiger partial charge in [0.15, 0.2) is 0 Å². The maximum Gasteiger partial charge on any atom is 0.274 e. The van der Waals surface area contributed by atoms with Gasteiger partial charge in [-0.3, -0.25) is 13.9 Å². The van der Waals surface area contributed by atoms with Gasteiger partial charge in [-0.05, 0) is 61.1 Å². The Labute approximate surface area is 234 Å². The number of nitrogens with two attached hydrogens (primary N) is 1. The molecule has 206 valence electrons. The van der Waals surface area contributed by atoms with Gasteiger partial charge in [0.1, 0.15) is 17.2 Å². The van der Waals surface area contributed by atoms with Crippen LogP contribution in [0.4, 0.5) is 11.5 Å². The van der Waals surface area contributed by atoms with E-state index in [9.17, 15) is 4.79 Å². The second kappa shape index (κ2) is 10.7. The van der Waals surface area contributed by atoms with Crippen molar-refractivity contribution < 1.29 is 4.79 Å². The van der Waals surface area contributed by atoms with Crippen LogP contribution in [0.2, 0.25) is 0 Å². The number of anilines is 2. The number of fused-ring (bicyclic) bond motifs is 2. The highest BCUT2D eigenvalue weighted by molar-refractivity contribution is 6.08. The van der Waals surface area contributed by atoms with Gasteiger partial charge in [0, 0.05) is 30.7 Å². The summed E-state index contributed by atoms with van der Waals surface area (Å²) in [4.78, 5) is 25.2. The molecule has 4 aromatic heterocycles. The Morgan fingerprint density at radius 2 is 1.93 bits per heavy atom. The normalized spacial score (nSPS) is 14.5. The van der Waals surface area contributed by atoms with Gasteiger partial charge in [0.05, 0.1) is 35.3 Å². The number of rotatable bonds is 7. The molecular weight excluding hydrogens is 500 g/mol. The molecule has 3 N–H and O–H groups in total. The van der Waals surface area contributed by atoms with Crippen LogP contribution in [-0.2, 0) is 13.0 Å². The fourth-order valence-corrected chi connectivity index (χ4v) is 5.62. The number of piperidine rings is 1. The van der Waals surface area contributed by atoms with E-state index in [0.29, 0.717) is 18.2 Å². The maximum absolute atomic E-state index is 13.3. The zero-order chi connectivity index (χ0) is 27.8. The Balaban J connectivity index is 1.33. The molecule has 5 heterocycles. The third-order valence-corrected chi connectivity index (χ3v) is 7.82. The molecule has 40 heavy (non-hydrogen) atoms. The molecule has 1 aromatic carbocycles. The lowest BCUT2D eigenvalue weighted by Gasteiger charge is -2.33. The minimum Gasteiger partial charge on any atom is -0.356 e. The highest BCUT2D eigenvalue weighted by Gasteiger charge is 2.22. The first-order valence-electron chi connectivity index (χ1n) is 14.1. The molecule has 0 saturated carbocycles. The molecule has 1 amide bonds. The molecule has 0 radical (unpaired) electrons. The van der Waals surface area contributed by atoms with Crippen molar-refractivity contribution >= 4 is 34.0 Å². The van der Waals surface area contributed by atoms with Crippen LogP contribution in [0.3, 0.4) is 0 Å². The first kappa shape index (κ1) is 26.0. The van der Waals surface area contributed by atoms with Crippen molar-refractivity contribution in [3.05, 3.63) is 83.6 Å². The second-order valence-corrected chi connectivity index (χ2v) is 10.9. The predicted molar refractivity (Wildman–Crippen MR) is 159 cm³/mol. The molecule has 0 spiro atoms. The van der Waals surface area contributed by atoms with E-state index >= 15 is 0 Å². The van der Waals surface area contributed by atoms with Crippen molar-refractivity contribution in [2.45, 2.75) is 58.5 Å². The van der Waals surface area contributed by atoms with Gasteiger partial charge in [-0.1, -0.05) is 39.0 Å². The molecule has 9 nitrogen and oxygen atoms in total. The highest BCUT2D eigenvalue weighted by Crippen LogP contribution is 2.31. The van der Waals surface area contributed by atoms with Crippen LogP contribution in [0.15, 0.2) is 60.9 Å². The van der Waals surface area contributed by atoms with Crippen LogP contribution in [0.5, 0.6) is 0 Å². The largest absolute Gasteiger partial charge is 0.356 e. The molecular formula is C31H36N8O. The summed E-state index contributed by atoms with van der Waals surface area (Å²) in [5.74, 6) is 1.23. The van der Waals surface area contributed by atoms with Crippen LogP contribution in [-0.4, -0.2) is 49.2 Å². The van der Waals surface area contributed by atoms with Crippen molar-refractivity contribution in [1.29, 1.82) is 0 Å². The standard InChI is InChI=1S/C31H36N8O/c1-4-24-29-25(35-31(40)27-18-33-28-10-5-6-15-38(27)28)8-7-9-26(29)39(36-24)19-22-11-12-23(20(2)3)30(34-22)37-16-13-21(32)14-17-37/h5-12,15,18,20-21H,4,13-14,16-17,19,32H2,1-3H3,(H,35,40). The molecule has 1 aliphatic rings. The van der Waals surface area contributed by atoms with E-state index in [1.54, 1.807) is 10.6 Å². The van der Waals surface area contributed by atoms with Crippen molar-refractivity contribution in [3.63, 3.8) is 0 Å². The Hall–Kier alpha value is -4.24. The van der Waals surface area contributed by atoms with E-state index in [2.05, 4.69) is 54.2 Å². The van der Waals surface area contributed by atoms with Gasteiger partial charge in [-0.15, -0.1) is 0 Å². The first-order valence-corrected chi connectivity index (χ1v) is 14.1. The minimum atomic E-state index is -0.210. The van der Waals surface area contributed by atoms with Crippen molar-refractivity contribution in [3.8, 4) is 0 Å². The van der Waals surface area contributed by atoms with Crippen LogP contribution in [0.25, 0.3) is 16.6 Å². The second-order valence-electron chi connectivity index (χ2n) is 10.9. The Morgan fingerprint density at radius 1 is 1.10 bits per heavy atom. The minimum absolute atomic E-state index is 0.210. The maximum atomic E-state index is 13.3. The zero-order valence-electron chi connectivity index (χ0n) is 23.3. The number of benzene rings is 1. The summed E-state index contributed by atoms with van der Waals surface area (Å²) in [5.41, 5.74) is 12.3. The fraction of sp³-hybridized carbons (Fsp3) is 0.355. The van der Waals surface area contributed by atoms with Crippen LogP contribution < -0.4 is 16.0 Å². The lowest BCUT2D eigenvalue weighted by atomic mass is 10.0. The number of carbonyl (C=O) groups is 1. The molecule has 1 fully saturated rings. The number of nitrogens with one attached hydrogen (secondary N) is 1. The molecule has 0 aliphatic carbocycles. The summed E-state index contributed by atoms with van der Waals surface area (Å²) in [6.07, 6.45) is 6.16. The quantitative estimate of drug-likeness (QED) is 0.303. The van der Waals surface area contributed by atoms with E-state index in [4.69, 9.17) is 15.8 Å². The number of nitrogens with zero attached hydrogens (tertiary/aromatic N) is 6. The smallest absolute Gasteiger partial charge is 0.274 e. The number of amides is 1. The van der Waals surface area contributed by atoms with Crippen molar-refractivity contribution in [2.75, 3.05) is 23.3 Å². The van der Waals surface area contributed by atoms with Crippen LogP contribution in [0, 0.1) is 0 Å².